The number of nitrogens with one attached hydrogen (secondary N) is 2. The van der Waals surface area contributed by atoms with E-state index in [1.54, 1.807) is 46.1 Å². The molecule has 2 amide bonds. The zero-order valence-corrected chi connectivity index (χ0v) is 15.1. The minimum Gasteiger partial charge on any atom is -0.447 e. The second-order valence-electron chi connectivity index (χ2n) is 5.48. The number of rotatable bonds is 9. The second-order valence-corrected chi connectivity index (χ2v) is 5.48. The van der Waals surface area contributed by atoms with Gasteiger partial charge in [0.25, 0.3) is 0 Å². The fourth-order valence-electron chi connectivity index (χ4n) is 1.81. The fourth-order valence-corrected chi connectivity index (χ4v) is 1.81. The first-order valence-corrected chi connectivity index (χ1v) is 8.03. The molecule has 0 atom stereocenters. The number of hydrogen-bond acceptors (Lipinski definition) is 6. The van der Waals surface area contributed by atoms with Crippen LogP contribution in [0.5, 0.6) is 5.75 Å². The summed E-state index contributed by atoms with van der Waals surface area (Å²) in [5.41, 5.74) is 1.26. The summed E-state index contributed by atoms with van der Waals surface area (Å²) in [5.74, 6) is 0.403. The summed E-state index contributed by atoms with van der Waals surface area (Å²) in [6.45, 7) is 7.00. The van der Waals surface area contributed by atoms with E-state index >= 15 is 0 Å². The molecule has 0 aliphatic heterocycles. The molecule has 2 N–H and O–H groups in total. The molecule has 0 heterocycles. The Morgan fingerprint density at radius 2 is 1.88 bits per heavy atom. The van der Waals surface area contributed by atoms with E-state index in [4.69, 9.17) is 18.9 Å². The number of carbonyl (C=O) groups is 2. The summed E-state index contributed by atoms with van der Waals surface area (Å²) in [4.78, 5) is 23.3. The number of methoxy groups -OCH3 is 1. The van der Waals surface area contributed by atoms with Crippen molar-refractivity contribution in [3.63, 3.8) is 0 Å². The summed E-state index contributed by atoms with van der Waals surface area (Å²) in [6, 6.07) is 4.93. The molecule has 1 aromatic rings. The fraction of sp³-hybridized carbons (Fsp3) is 0.529. The molecule has 25 heavy (non-hydrogen) atoms. The minimum absolute atomic E-state index is 0.203. The Labute approximate surface area is 147 Å². The number of carbonyl (C=O) groups excluding carboxylic acids is 2. The normalized spacial score (nSPS) is 10.4. The molecule has 8 heteroatoms. The minimum atomic E-state index is -0.571. The smallest absolute Gasteiger partial charge is 0.412 e. The van der Waals surface area contributed by atoms with Crippen molar-refractivity contribution in [3.05, 3.63) is 23.8 Å². The molecular weight excluding hydrogens is 328 g/mol. The Kier molecular flexibility index (Phi) is 9.34. The average Bonchev–Trinajstić information content (AvgIpc) is 2.52. The van der Waals surface area contributed by atoms with Crippen LogP contribution in [0.2, 0.25) is 0 Å². The molecule has 0 aliphatic rings. The van der Waals surface area contributed by atoms with Crippen molar-refractivity contribution < 1.29 is 28.5 Å². The zero-order chi connectivity index (χ0) is 18.7. The lowest BCUT2D eigenvalue weighted by Crippen LogP contribution is -2.30. The van der Waals surface area contributed by atoms with Gasteiger partial charge in [0, 0.05) is 19.3 Å². The summed E-state index contributed by atoms with van der Waals surface area (Å²) in [7, 11) is 1.59. The first-order valence-electron chi connectivity index (χ1n) is 8.03. The van der Waals surface area contributed by atoms with E-state index in [1.165, 1.54) is 0 Å². The number of ether oxygens (including phenoxy) is 4. The van der Waals surface area contributed by atoms with Gasteiger partial charge in [0.05, 0.1) is 25.9 Å². The maximum atomic E-state index is 11.7. The first kappa shape index (κ1) is 20.7. The third kappa shape index (κ3) is 8.92. The van der Waals surface area contributed by atoms with Crippen LogP contribution in [0.1, 0.15) is 19.4 Å². The monoisotopic (exact) mass is 354 g/mol. The molecule has 1 rings (SSSR count). The predicted molar refractivity (Wildman–Crippen MR) is 93.1 cm³/mol. The van der Waals surface area contributed by atoms with E-state index in [0.29, 0.717) is 43.4 Å². The lowest BCUT2D eigenvalue weighted by molar-refractivity contribution is 0.0719. The third-order valence-electron chi connectivity index (χ3n) is 2.91. The quantitative estimate of drug-likeness (QED) is 0.662. The van der Waals surface area contributed by atoms with Crippen LogP contribution in [0.15, 0.2) is 18.2 Å². The van der Waals surface area contributed by atoms with E-state index < -0.39 is 12.2 Å². The van der Waals surface area contributed by atoms with Crippen LogP contribution < -0.4 is 15.4 Å². The molecule has 0 radical (unpaired) electrons. The molecule has 8 nitrogen and oxygen atoms in total. The largest absolute Gasteiger partial charge is 0.447 e. The van der Waals surface area contributed by atoms with E-state index in [2.05, 4.69) is 10.6 Å². The van der Waals surface area contributed by atoms with Gasteiger partial charge >= 0.3 is 12.2 Å². The van der Waals surface area contributed by atoms with Gasteiger partial charge in [0.2, 0.25) is 0 Å². The van der Waals surface area contributed by atoms with Gasteiger partial charge in [0.15, 0.2) is 0 Å². The van der Waals surface area contributed by atoms with Crippen molar-refractivity contribution >= 4 is 17.9 Å². The van der Waals surface area contributed by atoms with E-state index in [1.807, 2.05) is 0 Å². The SMILES string of the molecule is COCCOCCNC(=O)Oc1ccc(NC(=O)OC(C)C)cc1C. The van der Waals surface area contributed by atoms with Gasteiger partial charge in [-0.3, -0.25) is 5.32 Å². The summed E-state index contributed by atoms with van der Waals surface area (Å²) < 4.78 is 20.3. The Balaban J connectivity index is 2.41. The van der Waals surface area contributed by atoms with Gasteiger partial charge in [-0.1, -0.05) is 0 Å². The zero-order valence-electron chi connectivity index (χ0n) is 15.1. The van der Waals surface area contributed by atoms with Crippen molar-refractivity contribution in [2.24, 2.45) is 0 Å². The number of benzene rings is 1. The molecule has 1 aromatic carbocycles. The van der Waals surface area contributed by atoms with Crippen LogP contribution >= 0.6 is 0 Å². The molecular formula is C17H26N2O6. The molecule has 0 unspecified atom stereocenters. The van der Waals surface area contributed by atoms with Gasteiger partial charge in [0.1, 0.15) is 5.75 Å². The van der Waals surface area contributed by atoms with Crippen LogP contribution in [0.3, 0.4) is 0 Å². The highest BCUT2D eigenvalue weighted by molar-refractivity contribution is 5.85. The lowest BCUT2D eigenvalue weighted by atomic mass is 10.2. The molecule has 0 aliphatic carbocycles. The number of hydrogen-bond donors (Lipinski definition) is 2. The molecule has 140 valence electrons. The van der Waals surface area contributed by atoms with Crippen LogP contribution in [0.4, 0.5) is 15.3 Å². The van der Waals surface area contributed by atoms with E-state index in [0.717, 1.165) is 0 Å². The maximum Gasteiger partial charge on any atom is 0.412 e. The molecule has 0 fully saturated rings. The van der Waals surface area contributed by atoms with Crippen LogP contribution in [-0.4, -0.2) is 51.8 Å². The average molecular weight is 354 g/mol. The highest BCUT2D eigenvalue weighted by Gasteiger charge is 2.10. The van der Waals surface area contributed by atoms with Crippen LogP contribution in [0, 0.1) is 6.92 Å². The Morgan fingerprint density at radius 1 is 1.12 bits per heavy atom. The van der Waals surface area contributed by atoms with Gasteiger partial charge in [-0.25, -0.2) is 9.59 Å². The topological polar surface area (TPSA) is 95.1 Å². The summed E-state index contributed by atoms with van der Waals surface area (Å²) in [5, 5.41) is 5.20. The van der Waals surface area contributed by atoms with Gasteiger partial charge in [-0.2, -0.15) is 0 Å². The highest BCUT2D eigenvalue weighted by Crippen LogP contribution is 2.22. The predicted octanol–water partition coefficient (Wildman–Crippen LogP) is 2.70. The standard InChI is InChI=1S/C17H26N2O6/c1-12(2)24-17(21)19-14-5-6-15(13(3)11-14)25-16(20)18-7-8-23-10-9-22-4/h5-6,11-12H,7-10H2,1-4H3,(H,18,20)(H,19,21). The van der Waals surface area contributed by atoms with Gasteiger partial charge < -0.3 is 24.3 Å². The number of anilines is 1. The highest BCUT2D eigenvalue weighted by atomic mass is 16.6. The summed E-state index contributed by atoms with van der Waals surface area (Å²) >= 11 is 0. The van der Waals surface area contributed by atoms with Gasteiger partial charge in [-0.05, 0) is 44.5 Å². The number of aryl methyl sites for hydroxylation is 1. The third-order valence-corrected chi connectivity index (χ3v) is 2.91. The lowest BCUT2D eigenvalue weighted by Gasteiger charge is -2.12. The van der Waals surface area contributed by atoms with Crippen LogP contribution in [-0.2, 0) is 14.2 Å². The van der Waals surface area contributed by atoms with Gasteiger partial charge in [-0.15, -0.1) is 0 Å². The molecule has 0 aromatic heterocycles. The van der Waals surface area contributed by atoms with Crippen molar-refractivity contribution in [2.75, 3.05) is 38.8 Å². The molecule has 0 bridgehead atoms. The van der Waals surface area contributed by atoms with E-state index in [9.17, 15) is 9.59 Å². The Hall–Kier alpha value is -2.32. The molecule has 0 spiro atoms. The summed E-state index contributed by atoms with van der Waals surface area (Å²) in [6.07, 6.45) is -1.31. The second kappa shape index (κ2) is 11.3. The number of amides is 2. The Morgan fingerprint density at radius 3 is 2.52 bits per heavy atom. The first-order chi connectivity index (χ1) is 11.9. The van der Waals surface area contributed by atoms with Crippen molar-refractivity contribution in [3.8, 4) is 5.75 Å². The van der Waals surface area contributed by atoms with Crippen molar-refractivity contribution in [1.82, 2.24) is 5.32 Å². The maximum absolute atomic E-state index is 11.7. The van der Waals surface area contributed by atoms with Crippen LogP contribution in [0.25, 0.3) is 0 Å². The van der Waals surface area contributed by atoms with E-state index in [-0.39, 0.29) is 6.10 Å². The van der Waals surface area contributed by atoms with Crippen molar-refractivity contribution in [1.29, 1.82) is 0 Å². The van der Waals surface area contributed by atoms with Crippen molar-refractivity contribution in [2.45, 2.75) is 26.9 Å². The Bertz CT molecular complexity index is 562. The molecule has 0 saturated carbocycles. The molecule has 0 saturated heterocycles.